The van der Waals surface area contributed by atoms with Crippen LogP contribution >= 0.6 is 0 Å². The minimum Gasteiger partial charge on any atom is -0.327 e. The van der Waals surface area contributed by atoms with Crippen LogP contribution in [0.4, 0.5) is 5.69 Å². The molecule has 1 aromatic rings. The molecule has 4 heteroatoms. The van der Waals surface area contributed by atoms with E-state index in [2.05, 4.69) is 11.4 Å². The third-order valence-electron chi connectivity index (χ3n) is 2.80. The SMILES string of the molecule is CC(C)C(N)CC(=O)Nc1ccc(CC#N)cc1. The van der Waals surface area contributed by atoms with E-state index in [0.717, 1.165) is 11.3 Å². The summed E-state index contributed by atoms with van der Waals surface area (Å²) in [5.74, 6) is 0.206. The van der Waals surface area contributed by atoms with Gasteiger partial charge in [0.05, 0.1) is 12.5 Å². The molecule has 96 valence electrons. The molecule has 0 aliphatic carbocycles. The number of anilines is 1. The maximum Gasteiger partial charge on any atom is 0.225 e. The molecular weight excluding hydrogens is 226 g/mol. The van der Waals surface area contributed by atoms with Crippen LogP contribution in [0.2, 0.25) is 0 Å². The Hall–Kier alpha value is -1.86. The Bertz CT molecular complexity index is 431. The Labute approximate surface area is 108 Å². The summed E-state index contributed by atoms with van der Waals surface area (Å²) in [5.41, 5.74) is 7.51. The summed E-state index contributed by atoms with van der Waals surface area (Å²) < 4.78 is 0. The Balaban J connectivity index is 2.52. The van der Waals surface area contributed by atoms with Gasteiger partial charge in [0.25, 0.3) is 0 Å². The van der Waals surface area contributed by atoms with E-state index in [1.165, 1.54) is 0 Å². The van der Waals surface area contributed by atoms with Crippen molar-refractivity contribution in [3.63, 3.8) is 0 Å². The van der Waals surface area contributed by atoms with Crippen LogP contribution in [0.15, 0.2) is 24.3 Å². The molecule has 0 spiro atoms. The van der Waals surface area contributed by atoms with Gasteiger partial charge in [0.15, 0.2) is 0 Å². The number of hydrogen-bond donors (Lipinski definition) is 2. The van der Waals surface area contributed by atoms with Crippen LogP contribution < -0.4 is 11.1 Å². The van der Waals surface area contributed by atoms with Gasteiger partial charge in [0.2, 0.25) is 5.91 Å². The predicted octanol–water partition coefficient (Wildman–Crippen LogP) is 2.06. The van der Waals surface area contributed by atoms with Gasteiger partial charge in [-0.25, -0.2) is 0 Å². The lowest BCUT2D eigenvalue weighted by atomic mass is 10.0. The van der Waals surface area contributed by atoms with Gasteiger partial charge in [-0.15, -0.1) is 0 Å². The van der Waals surface area contributed by atoms with Crippen molar-refractivity contribution >= 4 is 11.6 Å². The first kappa shape index (κ1) is 14.2. The lowest BCUT2D eigenvalue weighted by Gasteiger charge is -2.15. The number of carbonyl (C=O) groups excluding carboxylic acids is 1. The molecule has 3 N–H and O–H groups in total. The second-order valence-corrected chi connectivity index (χ2v) is 4.69. The number of rotatable bonds is 5. The molecule has 0 fully saturated rings. The monoisotopic (exact) mass is 245 g/mol. The van der Waals surface area contributed by atoms with Gasteiger partial charge in [0.1, 0.15) is 0 Å². The molecule has 0 aromatic heterocycles. The van der Waals surface area contributed by atoms with Crippen LogP contribution in [-0.4, -0.2) is 11.9 Å². The Kier molecular flexibility index (Phi) is 5.34. The average Bonchev–Trinajstić information content (AvgIpc) is 2.31. The number of nitrogens with one attached hydrogen (secondary N) is 1. The van der Waals surface area contributed by atoms with Gasteiger partial charge in [-0.05, 0) is 23.6 Å². The highest BCUT2D eigenvalue weighted by Gasteiger charge is 2.12. The first-order chi connectivity index (χ1) is 8.52. The van der Waals surface area contributed by atoms with Crippen LogP contribution in [0.1, 0.15) is 25.8 Å². The summed E-state index contributed by atoms with van der Waals surface area (Å²) in [6, 6.07) is 9.22. The number of amides is 1. The topological polar surface area (TPSA) is 78.9 Å². The average molecular weight is 245 g/mol. The Morgan fingerprint density at radius 2 is 2.00 bits per heavy atom. The maximum absolute atomic E-state index is 11.7. The quantitative estimate of drug-likeness (QED) is 0.833. The van der Waals surface area contributed by atoms with E-state index in [9.17, 15) is 4.79 Å². The molecule has 0 aliphatic rings. The van der Waals surface area contributed by atoms with Gasteiger partial charge in [-0.3, -0.25) is 4.79 Å². The molecule has 0 saturated carbocycles. The van der Waals surface area contributed by atoms with E-state index in [1.807, 2.05) is 26.0 Å². The molecule has 1 atom stereocenters. The fourth-order valence-electron chi connectivity index (χ4n) is 1.46. The lowest BCUT2D eigenvalue weighted by Crippen LogP contribution is -2.31. The highest BCUT2D eigenvalue weighted by molar-refractivity contribution is 5.91. The van der Waals surface area contributed by atoms with Gasteiger partial charge in [-0.1, -0.05) is 26.0 Å². The second kappa shape index (κ2) is 6.77. The Morgan fingerprint density at radius 1 is 1.39 bits per heavy atom. The van der Waals surface area contributed by atoms with Gasteiger partial charge < -0.3 is 11.1 Å². The van der Waals surface area contributed by atoms with Crippen LogP contribution in [0.5, 0.6) is 0 Å². The van der Waals surface area contributed by atoms with Crippen LogP contribution in [-0.2, 0) is 11.2 Å². The third-order valence-corrected chi connectivity index (χ3v) is 2.80. The van der Waals surface area contributed by atoms with E-state index in [-0.39, 0.29) is 17.9 Å². The van der Waals surface area contributed by atoms with Crippen molar-refractivity contribution in [1.82, 2.24) is 0 Å². The molecular formula is C14H19N3O. The predicted molar refractivity (Wildman–Crippen MR) is 71.8 cm³/mol. The van der Waals surface area contributed by atoms with Crippen LogP contribution in [0, 0.1) is 17.2 Å². The van der Waals surface area contributed by atoms with Crippen LogP contribution in [0.3, 0.4) is 0 Å². The molecule has 0 bridgehead atoms. The van der Waals surface area contributed by atoms with E-state index in [1.54, 1.807) is 12.1 Å². The van der Waals surface area contributed by atoms with Crippen LogP contribution in [0.25, 0.3) is 0 Å². The number of hydrogen-bond acceptors (Lipinski definition) is 3. The van der Waals surface area contributed by atoms with Crippen molar-refractivity contribution < 1.29 is 4.79 Å². The van der Waals surface area contributed by atoms with Crippen molar-refractivity contribution in [3.8, 4) is 6.07 Å². The van der Waals surface area contributed by atoms with Crippen molar-refractivity contribution in [3.05, 3.63) is 29.8 Å². The zero-order valence-corrected chi connectivity index (χ0v) is 10.8. The summed E-state index contributed by atoms with van der Waals surface area (Å²) in [4.78, 5) is 11.7. The molecule has 1 rings (SSSR count). The third kappa shape index (κ3) is 4.56. The number of carbonyl (C=O) groups is 1. The molecule has 0 saturated heterocycles. The number of nitrogens with two attached hydrogens (primary N) is 1. The molecule has 0 heterocycles. The summed E-state index contributed by atoms with van der Waals surface area (Å²) in [6.07, 6.45) is 0.698. The summed E-state index contributed by atoms with van der Waals surface area (Å²) in [5, 5.41) is 11.3. The van der Waals surface area contributed by atoms with Crippen molar-refractivity contribution in [1.29, 1.82) is 5.26 Å². The smallest absolute Gasteiger partial charge is 0.225 e. The molecule has 4 nitrogen and oxygen atoms in total. The van der Waals surface area contributed by atoms with E-state index < -0.39 is 0 Å². The lowest BCUT2D eigenvalue weighted by molar-refractivity contribution is -0.116. The van der Waals surface area contributed by atoms with E-state index in [0.29, 0.717) is 12.8 Å². The minimum atomic E-state index is -0.122. The van der Waals surface area contributed by atoms with Crippen molar-refractivity contribution in [2.75, 3.05) is 5.32 Å². The normalized spacial score (nSPS) is 11.9. The molecule has 0 aliphatic heterocycles. The van der Waals surface area contributed by atoms with Crippen molar-refractivity contribution in [2.24, 2.45) is 11.7 Å². The highest BCUT2D eigenvalue weighted by Crippen LogP contribution is 2.11. The van der Waals surface area contributed by atoms with E-state index in [4.69, 9.17) is 11.0 Å². The zero-order valence-electron chi connectivity index (χ0n) is 10.8. The first-order valence-corrected chi connectivity index (χ1v) is 6.04. The van der Waals surface area contributed by atoms with Gasteiger partial charge in [-0.2, -0.15) is 5.26 Å². The summed E-state index contributed by atoms with van der Waals surface area (Å²) in [6.45, 7) is 3.99. The largest absolute Gasteiger partial charge is 0.327 e. The maximum atomic E-state index is 11.7. The van der Waals surface area contributed by atoms with Gasteiger partial charge >= 0.3 is 0 Å². The minimum absolute atomic E-state index is 0.0794. The summed E-state index contributed by atoms with van der Waals surface area (Å²) >= 11 is 0. The number of nitriles is 1. The standard InChI is InChI=1S/C14H19N3O/c1-10(2)13(16)9-14(18)17-12-5-3-11(4-6-12)7-8-15/h3-6,10,13H,7,9,16H2,1-2H3,(H,17,18). The second-order valence-electron chi connectivity index (χ2n) is 4.69. The highest BCUT2D eigenvalue weighted by atomic mass is 16.1. The fraction of sp³-hybridized carbons (Fsp3) is 0.429. The molecule has 1 aromatic carbocycles. The molecule has 1 unspecified atom stereocenters. The van der Waals surface area contributed by atoms with Crippen molar-refractivity contribution in [2.45, 2.75) is 32.7 Å². The fourth-order valence-corrected chi connectivity index (χ4v) is 1.46. The zero-order chi connectivity index (χ0) is 13.5. The molecule has 18 heavy (non-hydrogen) atoms. The van der Waals surface area contributed by atoms with E-state index >= 15 is 0 Å². The first-order valence-electron chi connectivity index (χ1n) is 6.04. The summed E-state index contributed by atoms with van der Waals surface area (Å²) in [7, 11) is 0. The Morgan fingerprint density at radius 3 is 2.50 bits per heavy atom. The molecule has 1 amide bonds. The van der Waals surface area contributed by atoms with Gasteiger partial charge in [0, 0.05) is 18.2 Å². The molecule has 0 radical (unpaired) electrons. The number of nitrogens with zero attached hydrogens (tertiary/aromatic N) is 1. The number of benzene rings is 1.